The van der Waals surface area contributed by atoms with Gasteiger partial charge in [0.15, 0.2) is 0 Å². The number of aromatic nitrogens is 2. The van der Waals surface area contributed by atoms with E-state index in [0.29, 0.717) is 29.3 Å². The maximum atomic E-state index is 12.5. The van der Waals surface area contributed by atoms with Gasteiger partial charge < -0.3 is 11.5 Å². The summed E-state index contributed by atoms with van der Waals surface area (Å²) < 4.78 is 27.1. The molecule has 1 atom stereocenters. The lowest BCUT2D eigenvalue weighted by molar-refractivity contribution is -0.120. The molecular weight excluding hydrogens is 354 g/mol. The zero-order chi connectivity index (χ0) is 18.9. The first kappa shape index (κ1) is 18.3. The smallest absolute Gasteiger partial charge is 0.264 e. The second kappa shape index (κ2) is 7.00. The Balaban J connectivity index is 1.82. The second-order valence-electron chi connectivity index (χ2n) is 6.54. The SMILES string of the molecule is Cc1cc(-c2cccc(S(=O)(=O)NC(=O)[C@@H](N)CC3CC3)c2)nc(N)n1. The fraction of sp³-hybridized carbons (Fsp3) is 0.353. The van der Waals surface area contributed by atoms with Gasteiger partial charge in [0.1, 0.15) is 0 Å². The number of rotatable bonds is 6. The zero-order valence-electron chi connectivity index (χ0n) is 14.3. The monoisotopic (exact) mass is 375 g/mol. The summed E-state index contributed by atoms with van der Waals surface area (Å²) in [6.07, 6.45) is 2.58. The lowest BCUT2D eigenvalue weighted by atomic mass is 10.1. The first-order valence-electron chi connectivity index (χ1n) is 8.28. The minimum atomic E-state index is -4.02. The van der Waals surface area contributed by atoms with E-state index >= 15 is 0 Å². The van der Waals surface area contributed by atoms with E-state index in [1.807, 2.05) is 0 Å². The van der Waals surface area contributed by atoms with Crippen molar-refractivity contribution >= 4 is 21.9 Å². The molecule has 1 aromatic carbocycles. The Kier molecular flexibility index (Phi) is 4.92. The number of nitrogens with zero attached hydrogens (tertiary/aromatic N) is 2. The minimum absolute atomic E-state index is 0.0446. The molecule has 3 rings (SSSR count). The fourth-order valence-electron chi connectivity index (χ4n) is 2.65. The van der Waals surface area contributed by atoms with Gasteiger partial charge in [0.2, 0.25) is 5.95 Å². The molecule has 0 bridgehead atoms. The van der Waals surface area contributed by atoms with Crippen LogP contribution in [-0.4, -0.2) is 30.3 Å². The number of hydrogen-bond donors (Lipinski definition) is 3. The molecule has 138 valence electrons. The van der Waals surface area contributed by atoms with E-state index in [2.05, 4.69) is 14.7 Å². The summed E-state index contributed by atoms with van der Waals surface area (Å²) in [7, 11) is -4.02. The van der Waals surface area contributed by atoms with E-state index in [1.165, 1.54) is 12.1 Å². The lowest BCUT2D eigenvalue weighted by Gasteiger charge is -2.13. The molecule has 1 aromatic heterocycles. The van der Waals surface area contributed by atoms with Gasteiger partial charge in [0.25, 0.3) is 15.9 Å². The molecule has 0 spiro atoms. The van der Waals surface area contributed by atoms with Crippen LogP contribution in [0.2, 0.25) is 0 Å². The first-order valence-corrected chi connectivity index (χ1v) is 9.77. The number of nitrogens with two attached hydrogens (primary N) is 2. The van der Waals surface area contributed by atoms with Gasteiger partial charge in [-0.2, -0.15) is 0 Å². The number of carbonyl (C=O) groups excluding carboxylic acids is 1. The van der Waals surface area contributed by atoms with Crippen molar-refractivity contribution in [2.45, 2.75) is 37.1 Å². The maximum absolute atomic E-state index is 12.5. The summed E-state index contributed by atoms with van der Waals surface area (Å²) in [6, 6.07) is 7.00. The topological polar surface area (TPSA) is 141 Å². The van der Waals surface area contributed by atoms with Gasteiger partial charge in [0, 0.05) is 11.3 Å². The molecule has 2 aromatic rings. The predicted molar refractivity (Wildman–Crippen MR) is 97.3 cm³/mol. The molecule has 0 radical (unpaired) electrons. The molecular formula is C17H21N5O3S. The number of sulfonamides is 1. The van der Waals surface area contributed by atoms with Gasteiger partial charge in [-0.1, -0.05) is 25.0 Å². The number of amides is 1. The number of aryl methyl sites for hydroxylation is 1. The lowest BCUT2D eigenvalue weighted by Crippen LogP contribution is -2.43. The standard InChI is InChI=1S/C17H21N5O3S/c1-10-7-15(21-17(19)20-10)12-3-2-4-13(9-12)26(24,25)22-16(23)14(18)8-11-5-6-11/h2-4,7,9,11,14H,5-6,8,18H2,1H3,(H,22,23)(H2,19,20,21)/t14-/m0/s1. The molecule has 8 nitrogen and oxygen atoms in total. The third-order valence-corrected chi connectivity index (χ3v) is 5.51. The highest BCUT2D eigenvalue weighted by atomic mass is 32.2. The van der Waals surface area contributed by atoms with Gasteiger partial charge in [-0.15, -0.1) is 0 Å². The highest BCUT2D eigenvalue weighted by Gasteiger charge is 2.29. The molecule has 1 fully saturated rings. The average Bonchev–Trinajstić information content (AvgIpc) is 3.37. The van der Waals surface area contributed by atoms with E-state index < -0.39 is 22.0 Å². The van der Waals surface area contributed by atoms with Gasteiger partial charge in [-0.3, -0.25) is 4.79 Å². The van der Waals surface area contributed by atoms with Crippen LogP contribution in [-0.2, 0) is 14.8 Å². The summed E-state index contributed by atoms with van der Waals surface area (Å²) in [5.41, 5.74) is 13.2. The highest BCUT2D eigenvalue weighted by molar-refractivity contribution is 7.90. The number of nitrogens with one attached hydrogen (secondary N) is 1. The molecule has 0 unspecified atom stereocenters. The van der Waals surface area contributed by atoms with Crippen LogP contribution in [0.15, 0.2) is 35.2 Å². The van der Waals surface area contributed by atoms with Crippen LogP contribution >= 0.6 is 0 Å². The van der Waals surface area contributed by atoms with Crippen molar-refractivity contribution in [3.05, 3.63) is 36.0 Å². The van der Waals surface area contributed by atoms with E-state index in [9.17, 15) is 13.2 Å². The van der Waals surface area contributed by atoms with Crippen molar-refractivity contribution in [3.8, 4) is 11.3 Å². The number of carbonyl (C=O) groups is 1. The summed E-state index contributed by atoms with van der Waals surface area (Å²) in [5.74, 6) is -0.162. The Morgan fingerprint density at radius 2 is 2.04 bits per heavy atom. The van der Waals surface area contributed by atoms with E-state index in [1.54, 1.807) is 25.1 Å². The number of benzene rings is 1. The predicted octanol–water partition coefficient (Wildman–Crippen LogP) is 0.967. The van der Waals surface area contributed by atoms with Crippen molar-refractivity contribution in [1.29, 1.82) is 0 Å². The minimum Gasteiger partial charge on any atom is -0.368 e. The highest BCUT2D eigenvalue weighted by Crippen LogP contribution is 2.33. The van der Waals surface area contributed by atoms with Crippen molar-refractivity contribution < 1.29 is 13.2 Å². The van der Waals surface area contributed by atoms with Crippen LogP contribution < -0.4 is 16.2 Å². The molecule has 0 saturated heterocycles. The molecule has 1 heterocycles. The van der Waals surface area contributed by atoms with E-state index in [4.69, 9.17) is 11.5 Å². The molecule has 0 aliphatic heterocycles. The summed E-state index contributed by atoms with van der Waals surface area (Å²) in [5, 5.41) is 0. The largest absolute Gasteiger partial charge is 0.368 e. The van der Waals surface area contributed by atoms with Crippen LogP contribution in [0.5, 0.6) is 0 Å². The maximum Gasteiger partial charge on any atom is 0.264 e. The van der Waals surface area contributed by atoms with Gasteiger partial charge in [0.05, 0.1) is 16.6 Å². The Morgan fingerprint density at radius 1 is 1.31 bits per heavy atom. The quantitative estimate of drug-likeness (QED) is 0.683. The normalized spacial score (nSPS) is 15.5. The van der Waals surface area contributed by atoms with Crippen LogP contribution in [0.25, 0.3) is 11.3 Å². The third-order valence-electron chi connectivity index (χ3n) is 4.17. The van der Waals surface area contributed by atoms with Gasteiger partial charge in [-0.25, -0.2) is 23.1 Å². The fourth-order valence-corrected chi connectivity index (χ4v) is 3.72. The van der Waals surface area contributed by atoms with Gasteiger partial charge >= 0.3 is 0 Å². The number of hydrogen-bond acceptors (Lipinski definition) is 7. The third kappa shape index (κ3) is 4.36. The number of anilines is 1. The van der Waals surface area contributed by atoms with Crippen molar-refractivity contribution in [2.75, 3.05) is 5.73 Å². The Hall–Kier alpha value is -2.52. The molecule has 1 aliphatic carbocycles. The average molecular weight is 375 g/mol. The molecule has 1 saturated carbocycles. The van der Waals surface area contributed by atoms with Crippen molar-refractivity contribution in [1.82, 2.24) is 14.7 Å². The second-order valence-corrected chi connectivity index (χ2v) is 8.22. The summed E-state index contributed by atoms with van der Waals surface area (Å²) in [4.78, 5) is 20.2. The Labute approximate surface area is 152 Å². The van der Waals surface area contributed by atoms with E-state index in [-0.39, 0.29) is 10.8 Å². The Morgan fingerprint density at radius 3 is 2.69 bits per heavy atom. The van der Waals surface area contributed by atoms with Crippen molar-refractivity contribution in [2.24, 2.45) is 11.7 Å². The zero-order valence-corrected chi connectivity index (χ0v) is 15.2. The first-order chi connectivity index (χ1) is 12.2. The summed E-state index contributed by atoms with van der Waals surface area (Å²) in [6.45, 7) is 1.77. The summed E-state index contributed by atoms with van der Waals surface area (Å²) >= 11 is 0. The number of nitrogen functional groups attached to an aromatic ring is 1. The van der Waals surface area contributed by atoms with Crippen LogP contribution in [0.3, 0.4) is 0 Å². The Bertz CT molecular complexity index is 921. The molecule has 1 amide bonds. The van der Waals surface area contributed by atoms with Crippen LogP contribution in [0.4, 0.5) is 5.95 Å². The molecule has 1 aliphatic rings. The van der Waals surface area contributed by atoms with Crippen molar-refractivity contribution in [3.63, 3.8) is 0 Å². The van der Waals surface area contributed by atoms with Crippen LogP contribution in [0.1, 0.15) is 25.0 Å². The molecule has 5 N–H and O–H groups in total. The van der Waals surface area contributed by atoms with E-state index in [0.717, 1.165) is 12.8 Å². The van der Waals surface area contributed by atoms with Crippen LogP contribution in [0, 0.1) is 12.8 Å². The molecule has 26 heavy (non-hydrogen) atoms. The molecule has 9 heteroatoms. The van der Waals surface area contributed by atoms with Gasteiger partial charge in [-0.05, 0) is 37.5 Å².